The lowest BCUT2D eigenvalue weighted by atomic mass is 10.1. The first-order valence-corrected chi connectivity index (χ1v) is 8.38. The number of fused-ring (bicyclic) bond motifs is 1. The number of benzene rings is 1. The summed E-state index contributed by atoms with van der Waals surface area (Å²) in [5, 5.41) is 3.95. The zero-order valence-electron chi connectivity index (χ0n) is 14.4. The minimum absolute atomic E-state index is 0.168. The van der Waals surface area contributed by atoms with Crippen LogP contribution >= 0.6 is 0 Å². The number of hydrogen-bond donors (Lipinski definition) is 1. The van der Waals surface area contributed by atoms with E-state index in [4.69, 9.17) is 4.42 Å². The Kier molecular flexibility index (Phi) is 4.69. The first kappa shape index (κ1) is 16.3. The maximum absolute atomic E-state index is 12.4. The highest BCUT2D eigenvalue weighted by Crippen LogP contribution is 2.26. The second kappa shape index (κ2) is 6.91. The monoisotopic (exact) mass is 325 g/mol. The van der Waals surface area contributed by atoms with Crippen molar-refractivity contribution in [2.24, 2.45) is 0 Å². The topological polar surface area (TPSA) is 60.1 Å². The molecule has 126 valence electrons. The van der Waals surface area contributed by atoms with Crippen molar-refractivity contribution in [2.45, 2.75) is 40.2 Å². The van der Waals surface area contributed by atoms with E-state index in [0.717, 1.165) is 35.2 Å². The Morgan fingerprint density at radius 1 is 1.33 bits per heavy atom. The average Bonchev–Trinajstić information content (AvgIpc) is 3.12. The molecule has 0 aliphatic carbocycles. The number of aromatic nitrogens is 2. The van der Waals surface area contributed by atoms with Crippen molar-refractivity contribution in [3.8, 4) is 0 Å². The van der Waals surface area contributed by atoms with Crippen LogP contribution in [0.5, 0.6) is 0 Å². The summed E-state index contributed by atoms with van der Waals surface area (Å²) in [6, 6.07) is 6.15. The Balaban J connectivity index is 1.72. The molecule has 0 aliphatic rings. The van der Waals surface area contributed by atoms with Gasteiger partial charge in [-0.05, 0) is 38.0 Å². The Bertz CT molecular complexity index is 861. The predicted molar refractivity (Wildman–Crippen MR) is 94.2 cm³/mol. The average molecular weight is 325 g/mol. The molecule has 0 fully saturated rings. The molecule has 0 spiro atoms. The van der Waals surface area contributed by atoms with E-state index < -0.39 is 0 Å². The van der Waals surface area contributed by atoms with Crippen LogP contribution in [0.25, 0.3) is 11.0 Å². The van der Waals surface area contributed by atoms with Crippen LogP contribution in [0.4, 0.5) is 0 Å². The van der Waals surface area contributed by atoms with Crippen LogP contribution in [0.3, 0.4) is 0 Å². The quantitative estimate of drug-likeness (QED) is 0.753. The summed E-state index contributed by atoms with van der Waals surface area (Å²) in [4.78, 5) is 16.6. The number of nitrogens with zero attached hydrogens (tertiary/aromatic N) is 2. The first-order valence-electron chi connectivity index (χ1n) is 8.38. The fourth-order valence-corrected chi connectivity index (χ4v) is 2.94. The molecule has 2 aromatic heterocycles. The molecule has 24 heavy (non-hydrogen) atoms. The third-order valence-corrected chi connectivity index (χ3v) is 4.31. The van der Waals surface area contributed by atoms with Gasteiger partial charge in [-0.15, -0.1) is 0 Å². The van der Waals surface area contributed by atoms with E-state index in [1.165, 1.54) is 5.56 Å². The van der Waals surface area contributed by atoms with Crippen LogP contribution in [0, 0.1) is 13.8 Å². The largest absolute Gasteiger partial charge is 0.451 e. The fraction of sp³-hybridized carbons (Fsp3) is 0.368. The van der Waals surface area contributed by atoms with E-state index in [-0.39, 0.29) is 5.91 Å². The highest BCUT2D eigenvalue weighted by Gasteiger charge is 2.17. The molecule has 3 aromatic rings. The van der Waals surface area contributed by atoms with Crippen LogP contribution in [-0.4, -0.2) is 22.0 Å². The molecule has 0 saturated carbocycles. The van der Waals surface area contributed by atoms with Gasteiger partial charge in [0.1, 0.15) is 11.4 Å². The van der Waals surface area contributed by atoms with Gasteiger partial charge in [0, 0.05) is 36.4 Å². The van der Waals surface area contributed by atoms with Gasteiger partial charge in [0.2, 0.25) is 0 Å². The van der Waals surface area contributed by atoms with Crippen molar-refractivity contribution in [3.05, 3.63) is 53.3 Å². The van der Waals surface area contributed by atoms with Gasteiger partial charge in [-0.2, -0.15) is 0 Å². The lowest BCUT2D eigenvalue weighted by molar-refractivity contribution is 0.0926. The van der Waals surface area contributed by atoms with Gasteiger partial charge in [0.15, 0.2) is 5.76 Å². The normalized spacial score (nSPS) is 11.1. The van der Waals surface area contributed by atoms with Crippen molar-refractivity contribution < 1.29 is 9.21 Å². The zero-order valence-corrected chi connectivity index (χ0v) is 14.4. The molecular weight excluding hydrogens is 302 g/mol. The van der Waals surface area contributed by atoms with Crippen LogP contribution in [0.2, 0.25) is 0 Å². The smallest absolute Gasteiger partial charge is 0.287 e. The van der Waals surface area contributed by atoms with E-state index in [0.29, 0.717) is 18.8 Å². The Morgan fingerprint density at radius 3 is 2.88 bits per heavy atom. The number of nitrogens with one attached hydrogen (secondary N) is 1. The summed E-state index contributed by atoms with van der Waals surface area (Å²) in [5.74, 6) is 1.17. The maximum atomic E-state index is 12.4. The molecule has 0 radical (unpaired) electrons. The van der Waals surface area contributed by atoms with Crippen LogP contribution in [0.1, 0.15) is 40.9 Å². The van der Waals surface area contributed by atoms with Crippen molar-refractivity contribution in [3.63, 3.8) is 0 Å². The van der Waals surface area contributed by atoms with Crippen LogP contribution < -0.4 is 5.32 Å². The van der Waals surface area contributed by atoms with E-state index in [1.54, 1.807) is 6.20 Å². The van der Waals surface area contributed by atoms with Crippen molar-refractivity contribution in [1.82, 2.24) is 14.9 Å². The lowest BCUT2D eigenvalue weighted by Gasteiger charge is -2.06. The third kappa shape index (κ3) is 3.20. The predicted octanol–water partition coefficient (Wildman–Crippen LogP) is 3.63. The number of imidazole rings is 1. The van der Waals surface area contributed by atoms with Gasteiger partial charge in [-0.3, -0.25) is 4.79 Å². The molecule has 5 heteroatoms. The molecule has 1 N–H and O–H groups in total. The van der Waals surface area contributed by atoms with E-state index in [2.05, 4.69) is 29.4 Å². The molecule has 3 rings (SSSR count). The minimum Gasteiger partial charge on any atom is -0.451 e. The Hall–Kier alpha value is -2.56. The second-order valence-corrected chi connectivity index (χ2v) is 6.06. The van der Waals surface area contributed by atoms with Crippen LogP contribution in [-0.2, 0) is 13.0 Å². The molecule has 0 bridgehead atoms. The second-order valence-electron chi connectivity index (χ2n) is 6.06. The third-order valence-electron chi connectivity index (χ3n) is 4.31. The maximum Gasteiger partial charge on any atom is 0.287 e. The molecule has 0 atom stereocenters. The molecule has 0 saturated heterocycles. The summed E-state index contributed by atoms with van der Waals surface area (Å²) < 4.78 is 7.78. The number of aryl methyl sites for hydroxylation is 3. The zero-order chi connectivity index (χ0) is 17.1. The standard InChI is InChI=1S/C19H23N3O2/c1-4-5-15-6-7-17-16(12-15)13(2)18(24-17)19(23)21-9-11-22-10-8-20-14(22)3/h6-8,10,12H,4-5,9,11H2,1-3H3,(H,21,23). The highest BCUT2D eigenvalue weighted by atomic mass is 16.3. The Morgan fingerprint density at radius 2 is 2.17 bits per heavy atom. The van der Waals surface area contributed by atoms with Gasteiger partial charge >= 0.3 is 0 Å². The summed E-state index contributed by atoms with van der Waals surface area (Å²) in [5.41, 5.74) is 2.94. The van der Waals surface area contributed by atoms with Gasteiger partial charge in [0.25, 0.3) is 5.91 Å². The van der Waals surface area contributed by atoms with E-state index in [1.807, 2.05) is 30.7 Å². The SMILES string of the molecule is CCCc1ccc2oc(C(=O)NCCn3ccnc3C)c(C)c2c1. The molecule has 2 heterocycles. The molecule has 0 unspecified atom stereocenters. The highest BCUT2D eigenvalue weighted by molar-refractivity contribution is 5.99. The van der Waals surface area contributed by atoms with Gasteiger partial charge in [-0.25, -0.2) is 4.98 Å². The molecule has 5 nitrogen and oxygen atoms in total. The van der Waals surface area contributed by atoms with Gasteiger partial charge < -0.3 is 14.3 Å². The van der Waals surface area contributed by atoms with Crippen LogP contribution in [0.15, 0.2) is 35.0 Å². The molecule has 0 aliphatic heterocycles. The minimum atomic E-state index is -0.168. The number of amides is 1. The summed E-state index contributed by atoms with van der Waals surface area (Å²) in [7, 11) is 0. The number of carbonyl (C=O) groups excluding carboxylic acids is 1. The first-order chi connectivity index (χ1) is 11.6. The Labute approximate surface area is 141 Å². The van der Waals surface area contributed by atoms with Crippen molar-refractivity contribution in [1.29, 1.82) is 0 Å². The summed E-state index contributed by atoms with van der Waals surface area (Å²) in [6.07, 6.45) is 5.80. The van der Waals surface area contributed by atoms with Gasteiger partial charge in [-0.1, -0.05) is 19.4 Å². The van der Waals surface area contributed by atoms with E-state index >= 15 is 0 Å². The van der Waals surface area contributed by atoms with Gasteiger partial charge in [0.05, 0.1) is 0 Å². The lowest BCUT2D eigenvalue weighted by Crippen LogP contribution is -2.27. The van der Waals surface area contributed by atoms with E-state index in [9.17, 15) is 4.79 Å². The molecule has 1 aromatic carbocycles. The van der Waals surface area contributed by atoms with Crippen molar-refractivity contribution >= 4 is 16.9 Å². The number of hydrogen-bond acceptors (Lipinski definition) is 3. The number of furan rings is 1. The molecule has 1 amide bonds. The number of rotatable bonds is 6. The molecular formula is C19H23N3O2. The summed E-state index contributed by atoms with van der Waals surface area (Å²) >= 11 is 0. The summed E-state index contributed by atoms with van der Waals surface area (Å²) in [6.45, 7) is 7.27. The number of carbonyl (C=O) groups is 1. The fourth-order valence-electron chi connectivity index (χ4n) is 2.94. The van der Waals surface area contributed by atoms with Crippen molar-refractivity contribution in [2.75, 3.05) is 6.54 Å².